The zero-order valence-electron chi connectivity index (χ0n) is 20.3. The lowest BCUT2D eigenvalue weighted by atomic mass is 10.00. The average Bonchev–Trinajstić information content (AvgIpc) is 2.85. The fourth-order valence-corrected chi connectivity index (χ4v) is 4.66. The number of likely N-dealkylation sites (N-methyl/N-ethyl adjacent to an activating group) is 1. The van der Waals surface area contributed by atoms with E-state index in [2.05, 4.69) is 9.80 Å². The van der Waals surface area contributed by atoms with E-state index < -0.39 is 17.8 Å². The Morgan fingerprint density at radius 3 is 2.26 bits per heavy atom. The summed E-state index contributed by atoms with van der Waals surface area (Å²) in [6.45, 7) is 8.45. The number of carbonyl (C=O) groups excluding carboxylic acids is 1. The molecular weight excluding hydrogens is 477 g/mol. The summed E-state index contributed by atoms with van der Waals surface area (Å²) >= 11 is 5.93. The molecule has 0 aliphatic carbocycles. The van der Waals surface area contributed by atoms with Gasteiger partial charge in [0.2, 0.25) is 5.91 Å². The minimum atomic E-state index is -4.39. The number of benzene rings is 2. The highest BCUT2D eigenvalue weighted by Gasteiger charge is 2.33. The molecule has 0 aromatic heterocycles. The minimum absolute atomic E-state index is 0.112. The predicted octanol–water partition coefficient (Wildman–Crippen LogP) is 4.46. The lowest BCUT2D eigenvalue weighted by Crippen LogP contribution is -2.55. The van der Waals surface area contributed by atoms with Gasteiger partial charge in [-0.2, -0.15) is 13.2 Å². The van der Waals surface area contributed by atoms with Gasteiger partial charge in [0.25, 0.3) is 0 Å². The molecule has 2 atom stereocenters. The van der Waals surface area contributed by atoms with Crippen LogP contribution in [0, 0.1) is 0 Å². The molecule has 1 amide bonds. The predicted molar refractivity (Wildman–Crippen MR) is 133 cm³/mol. The largest absolute Gasteiger partial charge is 0.416 e. The van der Waals surface area contributed by atoms with E-state index in [1.165, 1.54) is 12.1 Å². The van der Waals surface area contributed by atoms with Crippen LogP contribution in [0.3, 0.4) is 0 Å². The van der Waals surface area contributed by atoms with Gasteiger partial charge in [-0.1, -0.05) is 49.7 Å². The van der Waals surface area contributed by atoms with E-state index in [-0.39, 0.29) is 11.9 Å². The zero-order valence-corrected chi connectivity index (χ0v) is 21.0. The summed E-state index contributed by atoms with van der Waals surface area (Å²) in [5.74, 6) is -0.112. The van der Waals surface area contributed by atoms with Crippen molar-refractivity contribution in [2.24, 2.45) is 5.73 Å². The second-order valence-corrected chi connectivity index (χ2v) is 9.36. The second kappa shape index (κ2) is 12.2. The van der Waals surface area contributed by atoms with Crippen LogP contribution in [0.4, 0.5) is 13.2 Å². The minimum Gasteiger partial charge on any atom is -0.339 e. The fraction of sp³-hybridized carbons (Fsp3) is 0.500. The summed E-state index contributed by atoms with van der Waals surface area (Å²) in [5.41, 5.74) is 7.16. The first-order valence-electron chi connectivity index (χ1n) is 12.0. The first-order valence-corrected chi connectivity index (χ1v) is 12.4. The lowest BCUT2D eigenvalue weighted by molar-refractivity contribution is -0.138. The Morgan fingerprint density at radius 1 is 1.06 bits per heavy atom. The molecule has 0 spiro atoms. The maximum Gasteiger partial charge on any atom is 0.416 e. The molecule has 1 aliphatic heterocycles. The van der Waals surface area contributed by atoms with Crippen molar-refractivity contribution in [1.82, 2.24) is 14.7 Å². The summed E-state index contributed by atoms with van der Waals surface area (Å²) in [5, 5.41) is 0.629. The number of hydrogen-bond donors (Lipinski definition) is 1. The molecular formula is C26H34ClF3N4O. The number of nitrogens with two attached hydrogens (primary N) is 1. The van der Waals surface area contributed by atoms with Crippen LogP contribution in [0.15, 0.2) is 48.5 Å². The zero-order chi connectivity index (χ0) is 25.6. The van der Waals surface area contributed by atoms with Crippen LogP contribution in [0.2, 0.25) is 5.02 Å². The maximum atomic E-state index is 13.4. The van der Waals surface area contributed by atoms with Crippen LogP contribution in [-0.2, 0) is 17.4 Å². The highest BCUT2D eigenvalue weighted by molar-refractivity contribution is 6.30. The molecule has 1 heterocycles. The number of amides is 1. The Morgan fingerprint density at radius 2 is 1.69 bits per heavy atom. The van der Waals surface area contributed by atoms with Crippen LogP contribution in [-0.4, -0.2) is 72.5 Å². The molecule has 3 rings (SSSR count). The molecule has 1 unspecified atom stereocenters. The molecule has 0 saturated carbocycles. The first-order chi connectivity index (χ1) is 16.6. The van der Waals surface area contributed by atoms with E-state index in [0.29, 0.717) is 49.7 Å². The maximum absolute atomic E-state index is 13.4. The van der Waals surface area contributed by atoms with E-state index in [1.54, 1.807) is 23.1 Å². The molecule has 9 heteroatoms. The van der Waals surface area contributed by atoms with Gasteiger partial charge >= 0.3 is 6.18 Å². The summed E-state index contributed by atoms with van der Waals surface area (Å²) in [4.78, 5) is 19.1. The van der Waals surface area contributed by atoms with Crippen LogP contribution in [0.25, 0.3) is 0 Å². The Hall–Kier alpha value is -2.13. The van der Waals surface area contributed by atoms with E-state index in [1.807, 2.05) is 26.0 Å². The van der Waals surface area contributed by atoms with Gasteiger partial charge in [0, 0.05) is 43.8 Å². The van der Waals surface area contributed by atoms with E-state index in [0.717, 1.165) is 24.7 Å². The van der Waals surface area contributed by atoms with Crippen molar-refractivity contribution in [3.63, 3.8) is 0 Å². The van der Waals surface area contributed by atoms with Crippen molar-refractivity contribution in [3.8, 4) is 0 Å². The molecule has 2 N–H and O–H groups in total. The van der Waals surface area contributed by atoms with Gasteiger partial charge in [0.15, 0.2) is 0 Å². The van der Waals surface area contributed by atoms with Gasteiger partial charge < -0.3 is 15.5 Å². The molecule has 2 aromatic carbocycles. The van der Waals surface area contributed by atoms with Crippen LogP contribution in [0.1, 0.15) is 36.6 Å². The number of hydrogen-bond acceptors (Lipinski definition) is 4. The number of alkyl halides is 3. The monoisotopic (exact) mass is 510 g/mol. The number of piperazine rings is 1. The third-order valence-corrected chi connectivity index (χ3v) is 6.93. The van der Waals surface area contributed by atoms with Crippen molar-refractivity contribution in [2.45, 2.75) is 38.5 Å². The average molecular weight is 511 g/mol. The number of rotatable bonds is 9. The molecule has 192 valence electrons. The van der Waals surface area contributed by atoms with Crippen molar-refractivity contribution in [2.75, 3.05) is 45.8 Å². The Labute approximate surface area is 210 Å². The van der Waals surface area contributed by atoms with Gasteiger partial charge in [-0.05, 0) is 54.9 Å². The molecule has 2 aromatic rings. The van der Waals surface area contributed by atoms with Crippen LogP contribution in [0.5, 0.6) is 0 Å². The Balaban J connectivity index is 1.69. The van der Waals surface area contributed by atoms with Gasteiger partial charge in [0.1, 0.15) is 0 Å². The number of carbonyl (C=O) groups is 1. The highest BCUT2D eigenvalue weighted by Crippen LogP contribution is 2.32. The van der Waals surface area contributed by atoms with Gasteiger partial charge in [-0.3, -0.25) is 9.69 Å². The summed E-state index contributed by atoms with van der Waals surface area (Å²) in [6, 6.07) is 12.0. The van der Waals surface area contributed by atoms with Crippen LogP contribution < -0.4 is 5.73 Å². The molecule has 35 heavy (non-hydrogen) atoms. The SMILES string of the molecule is CCN(CC)CC(c1cccc(C(F)(F)F)c1)N1CCN(C(=O)[C@H](N)Cc2ccc(Cl)cc2)CC1. The molecule has 0 radical (unpaired) electrons. The van der Waals surface area contributed by atoms with Crippen molar-refractivity contribution >= 4 is 17.5 Å². The highest BCUT2D eigenvalue weighted by atomic mass is 35.5. The fourth-order valence-electron chi connectivity index (χ4n) is 4.53. The molecule has 1 fully saturated rings. The van der Waals surface area contributed by atoms with Gasteiger partial charge in [0.05, 0.1) is 11.6 Å². The van der Waals surface area contributed by atoms with Crippen molar-refractivity contribution in [1.29, 1.82) is 0 Å². The Kier molecular flexibility index (Phi) is 9.58. The third-order valence-electron chi connectivity index (χ3n) is 6.68. The molecule has 1 saturated heterocycles. The molecule has 1 aliphatic rings. The summed E-state index contributed by atoms with van der Waals surface area (Å²) in [7, 11) is 0. The Bertz CT molecular complexity index is 958. The number of nitrogens with zero attached hydrogens (tertiary/aromatic N) is 3. The topological polar surface area (TPSA) is 52.8 Å². The van der Waals surface area contributed by atoms with Crippen molar-refractivity contribution in [3.05, 3.63) is 70.2 Å². The van der Waals surface area contributed by atoms with E-state index >= 15 is 0 Å². The number of halogens is 4. The standard InChI is InChI=1S/C26H34ClF3N4O/c1-3-32(4-2)18-24(20-6-5-7-21(17-20)26(28,29)30)33-12-14-34(15-13-33)25(35)23(31)16-19-8-10-22(27)11-9-19/h5-11,17,23-24H,3-4,12-16,18,31H2,1-2H3/t23-,24?/m1/s1. The van der Waals surface area contributed by atoms with E-state index in [9.17, 15) is 18.0 Å². The smallest absolute Gasteiger partial charge is 0.339 e. The van der Waals surface area contributed by atoms with E-state index in [4.69, 9.17) is 17.3 Å². The molecule has 5 nitrogen and oxygen atoms in total. The van der Waals surface area contributed by atoms with Gasteiger partial charge in [-0.25, -0.2) is 0 Å². The van der Waals surface area contributed by atoms with Crippen molar-refractivity contribution < 1.29 is 18.0 Å². The summed E-state index contributed by atoms with van der Waals surface area (Å²) < 4.78 is 40.1. The summed E-state index contributed by atoms with van der Waals surface area (Å²) in [6.07, 6.45) is -3.97. The quantitative estimate of drug-likeness (QED) is 0.541. The molecule has 0 bridgehead atoms. The second-order valence-electron chi connectivity index (χ2n) is 8.92. The lowest BCUT2D eigenvalue weighted by Gasteiger charge is -2.41. The van der Waals surface area contributed by atoms with Crippen LogP contribution >= 0.6 is 11.6 Å². The first kappa shape index (κ1) is 27.5. The normalized spacial score (nSPS) is 17.0. The third kappa shape index (κ3) is 7.43. The van der Waals surface area contributed by atoms with Gasteiger partial charge in [-0.15, -0.1) is 0 Å².